The van der Waals surface area contributed by atoms with Crippen LogP contribution in [-0.2, 0) is 4.74 Å². The summed E-state index contributed by atoms with van der Waals surface area (Å²) in [5.74, 6) is 3.48. The number of ether oxygens (including phenoxy) is 1. The number of hydrogen-bond acceptors (Lipinski definition) is 6. The van der Waals surface area contributed by atoms with Gasteiger partial charge in [-0.2, -0.15) is 0 Å². The van der Waals surface area contributed by atoms with E-state index in [1.165, 1.54) is 0 Å². The minimum absolute atomic E-state index is 0.205. The van der Waals surface area contributed by atoms with Gasteiger partial charge in [-0.25, -0.2) is 4.39 Å². The van der Waals surface area contributed by atoms with Crippen molar-refractivity contribution in [3.63, 3.8) is 0 Å². The van der Waals surface area contributed by atoms with Gasteiger partial charge in [0.2, 0.25) is 0 Å². The maximum atomic E-state index is 13.5. The molecule has 0 aliphatic rings. The summed E-state index contributed by atoms with van der Waals surface area (Å²) in [4.78, 5) is 22.2. The third-order valence-corrected chi connectivity index (χ3v) is 2.63. The molecule has 1 unspecified atom stereocenters. The highest BCUT2D eigenvalue weighted by Crippen LogP contribution is 2.25. The first-order chi connectivity index (χ1) is 9.90. The molecule has 0 fully saturated rings. The fourth-order valence-electron chi connectivity index (χ4n) is 1.64. The number of hydrogen-bond donors (Lipinski definition) is 3. The van der Waals surface area contributed by atoms with E-state index >= 15 is 0 Å². The monoisotopic (exact) mass is 300 g/mol. The molecule has 9 heteroatoms. The zero-order valence-electron chi connectivity index (χ0n) is 11.7. The van der Waals surface area contributed by atoms with Crippen LogP contribution >= 0.6 is 0 Å². The Hall–Kier alpha value is -2.26. The van der Waals surface area contributed by atoms with Crippen molar-refractivity contribution >= 4 is 17.3 Å². The molecule has 21 heavy (non-hydrogen) atoms. The molecule has 4 N–H and O–H groups in total. The minimum atomic E-state index is -0.914. The molecule has 1 amide bonds. The number of nitrogen functional groups attached to an aromatic ring is 1. The van der Waals surface area contributed by atoms with Crippen LogP contribution < -0.4 is 16.6 Å². The van der Waals surface area contributed by atoms with Crippen LogP contribution in [0.15, 0.2) is 12.1 Å². The summed E-state index contributed by atoms with van der Waals surface area (Å²) in [6.45, 7) is 4.24. The second-order valence-electron chi connectivity index (χ2n) is 4.28. The second kappa shape index (κ2) is 7.50. The lowest BCUT2D eigenvalue weighted by atomic mass is 10.1. The molecule has 8 nitrogen and oxygen atoms in total. The smallest absolute Gasteiger partial charge is 0.285 e. The lowest BCUT2D eigenvalue weighted by Gasteiger charge is -2.14. The van der Waals surface area contributed by atoms with Crippen LogP contribution in [0.1, 0.15) is 24.2 Å². The fourth-order valence-corrected chi connectivity index (χ4v) is 1.64. The molecule has 0 heterocycles. The number of hydrazine groups is 1. The first-order valence-corrected chi connectivity index (χ1v) is 6.23. The largest absolute Gasteiger partial charge is 0.380 e. The average Bonchev–Trinajstić information content (AvgIpc) is 2.44. The lowest BCUT2D eigenvalue weighted by Crippen LogP contribution is -2.36. The van der Waals surface area contributed by atoms with Crippen LogP contribution in [0.3, 0.4) is 0 Å². The van der Waals surface area contributed by atoms with Crippen molar-refractivity contribution in [1.29, 1.82) is 0 Å². The molecule has 0 spiro atoms. The van der Waals surface area contributed by atoms with Gasteiger partial charge in [0, 0.05) is 12.6 Å². The van der Waals surface area contributed by atoms with Gasteiger partial charge in [0.25, 0.3) is 11.6 Å². The number of carbonyl (C=O) groups excluding carboxylic acids is 1. The molecule has 0 aliphatic carbocycles. The summed E-state index contributed by atoms with van der Waals surface area (Å²) >= 11 is 0. The van der Waals surface area contributed by atoms with Crippen molar-refractivity contribution in [1.82, 2.24) is 5.32 Å². The molecule has 116 valence electrons. The van der Waals surface area contributed by atoms with Crippen molar-refractivity contribution in [2.75, 3.05) is 18.6 Å². The molecule has 0 aromatic heterocycles. The molecule has 0 saturated heterocycles. The van der Waals surface area contributed by atoms with Crippen molar-refractivity contribution < 1.29 is 18.8 Å². The normalized spacial score (nSPS) is 11.8. The molecule has 1 aromatic rings. The number of anilines is 1. The van der Waals surface area contributed by atoms with Crippen LogP contribution in [0.25, 0.3) is 0 Å². The number of benzene rings is 1. The Morgan fingerprint density at radius 1 is 1.57 bits per heavy atom. The SMILES string of the molecule is CCOCC(C)NC(=O)c1cc(NN)c(F)cc1[N+](=O)[O-]. The molecule has 1 aromatic carbocycles. The Morgan fingerprint density at radius 2 is 2.24 bits per heavy atom. The van der Waals surface area contributed by atoms with Crippen molar-refractivity contribution in [3.8, 4) is 0 Å². The highest BCUT2D eigenvalue weighted by atomic mass is 19.1. The number of amides is 1. The zero-order valence-corrected chi connectivity index (χ0v) is 11.7. The molecule has 1 rings (SSSR count). The average molecular weight is 300 g/mol. The van der Waals surface area contributed by atoms with E-state index in [1.54, 1.807) is 13.8 Å². The van der Waals surface area contributed by atoms with Gasteiger partial charge < -0.3 is 15.5 Å². The van der Waals surface area contributed by atoms with Gasteiger partial charge in [0.15, 0.2) is 5.82 Å². The Labute approximate surface area is 120 Å². The Morgan fingerprint density at radius 3 is 2.76 bits per heavy atom. The summed E-state index contributed by atoms with van der Waals surface area (Å²) in [6.07, 6.45) is 0. The van der Waals surface area contributed by atoms with Gasteiger partial charge in [0.05, 0.1) is 23.3 Å². The van der Waals surface area contributed by atoms with Gasteiger partial charge in [-0.05, 0) is 19.9 Å². The number of nitrogens with two attached hydrogens (primary N) is 1. The van der Waals surface area contributed by atoms with Gasteiger partial charge in [0.1, 0.15) is 5.56 Å². The quantitative estimate of drug-likeness (QED) is 0.395. The second-order valence-corrected chi connectivity index (χ2v) is 4.28. The predicted molar refractivity (Wildman–Crippen MR) is 74.3 cm³/mol. The van der Waals surface area contributed by atoms with Crippen molar-refractivity contribution in [2.24, 2.45) is 5.84 Å². The molecule has 1 atom stereocenters. The third kappa shape index (κ3) is 4.36. The molecule has 0 saturated carbocycles. The number of halogens is 1. The van der Waals surface area contributed by atoms with Gasteiger partial charge in [-0.15, -0.1) is 0 Å². The number of carbonyl (C=O) groups is 1. The lowest BCUT2D eigenvalue weighted by molar-refractivity contribution is -0.385. The summed E-state index contributed by atoms with van der Waals surface area (Å²) < 4.78 is 18.6. The molecule has 0 aliphatic heterocycles. The maximum Gasteiger partial charge on any atom is 0.285 e. The van der Waals surface area contributed by atoms with E-state index in [-0.39, 0.29) is 23.9 Å². The number of nitrogens with zero attached hydrogens (tertiary/aromatic N) is 1. The van der Waals surface area contributed by atoms with E-state index < -0.39 is 22.3 Å². The van der Waals surface area contributed by atoms with E-state index in [2.05, 4.69) is 5.32 Å². The molecular weight excluding hydrogens is 283 g/mol. The van der Waals surface area contributed by atoms with E-state index in [0.29, 0.717) is 12.7 Å². The topological polar surface area (TPSA) is 120 Å². The minimum Gasteiger partial charge on any atom is -0.380 e. The van der Waals surface area contributed by atoms with Crippen molar-refractivity contribution in [2.45, 2.75) is 19.9 Å². The molecule has 0 bridgehead atoms. The molecule has 0 radical (unpaired) electrons. The number of nitrogens with one attached hydrogen (secondary N) is 2. The fraction of sp³-hybridized carbons (Fsp3) is 0.417. The van der Waals surface area contributed by atoms with E-state index in [1.807, 2.05) is 5.43 Å². The summed E-state index contributed by atoms with van der Waals surface area (Å²) in [7, 11) is 0. The van der Waals surface area contributed by atoms with E-state index in [9.17, 15) is 19.3 Å². The summed E-state index contributed by atoms with van der Waals surface area (Å²) in [5.41, 5.74) is 0.925. The summed E-state index contributed by atoms with van der Waals surface area (Å²) in [6, 6.07) is 1.30. The van der Waals surface area contributed by atoms with Crippen molar-refractivity contribution in [3.05, 3.63) is 33.6 Å². The van der Waals surface area contributed by atoms with E-state index in [4.69, 9.17) is 10.6 Å². The number of rotatable bonds is 7. The standard InChI is InChI=1S/C12H17FN4O4/c1-3-21-6-7(2)15-12(18)8-4-10(16-14)9(13)5-11(8)17(19)20/h4-5,7,16H,3,6,14H2,1-2H3,(H,15,18). The first kappa shape index (κ1) is 16.8. The zero-order chi connectivity index (χ0) is 16.0. The van der Waals surface area contributed by atoms with E-state index in [0.717, 1.165) is 6.07 Å². The summed E-state index contributed by atoms with van der Waals surface area (Å²) in [5, 5.41) is 13.5. The van der Waals surface area contributed by atoms with Gasteiger partial charge in [-0.1, -0.05) is 0 Å². The van der Waals surface area contributed by atoms with Crippen LogP contribution in [0.2, 0.25) is 0 Å². The highest BCUT2D eigenvalue weighted by molar-refractivity contribution is 5.99. The molecular formula is C12H17FN4O4. The predicted octanol–water partition coefficient (Wildman–Crippen LogP) is 1.17. The van der Waals surface area contributed by atoms with Gasteiger partial charge >= 0.3 is 0 Å². The van der Waals surface area contributed by atoms with Gasteiger partial charge in [-0.3, -0.25) is 20.8 Å². The highest BCUT2D eigenvalue weighted by Gasteiger charge is 2.24. The first-order valence-electron chi connectivity index (χ1n) is 6.23. The number of nitro benzene ring substituents is 1. The maximum absolute atomic E-state index is 13.5. The van der Waals surface area contributed by atoms with Crippen LogP contribution in [-0.4, -0.2) is 30.1 Å². The van der Waals surface area contributed by atoms with Crippen LogP contribution in [0.4, 0.5) is 15.8 Å². The Bertz CT molecular complexity index is 538. The van der Waals surface area contributed by atoms with Crippen LogP contribution in [0, 0.1) is 15.9 Å². The Balaban J connectivity index is 3.04. The Kier molecular flexibility index (Phi) is 6.00. The number of nitro groups is 1. The third-order valence-electron chi connectivity index (χ3n) is 2.63. The van der Waals surface area contributed by atoms with Crippen LogP contribution in [0.5, 0.6) is 0 Å².